The van der Waals surface area contributed by atoms with Gasteiger partial charge >= 0.3 is 0 Å². The number of rotatable bonds is 3. The second-order valence-electron chi connectivity index (χ2n) is 11.4. The van der Waals surface area contributed by atoms with Gasteiger partial charge in [-0.3, -0.25) is 0 Å². The maximum atomic E-state index is 6.46. The topological polar surface area (TPSA) is 16.4 Å². The number of anilines is 3. The van der Waals surface area contributed by atoms with Gasteiger partial charge in [-0.15, -0.1) is 11.3 Å². The minimum Gasteiger partial charge on any atom is -0.456 e. The molecule has 0 N–H and O–H groups in total. The SMILES string of the molecule is Cc1ccc2oc3cccc(N(c4ccccc4)c4cc5sc6ccc7ccccc7c6c5c5ccccc45)c3c2c1C. The lowest BCUT2D eigenvalue weighted by Crippen LogP contribution is -2.11. The molecule has 3 heteroatoms. The molecule has 0 spiro atoms. The van der Waals surface area contributed by atoms with Crippen molar-refractivity contribution in [3.05, 3.63) is 139 Å². The Bertz CT molecular complexity index is 2540. The van der Waals surface area contributed by atoms with Gasteiger partial charge in [0.05, 0.1) is 16.8 Å². The average Bonchev–Trinajstić information content (AvgIpc) is 3.63. The van der Waals surface area contributed by atoms with Crippen molar-refractivity contribution in [1.29, 1.82) is 0 Å². The lowest BCUT2D eigenvalue weighted by molar-refractivity contribution is 0.668. The first-order chi connectivity index (χ1) is 21.2. The monoisotopic (exact) mass is 569 g/mol. The maximum absolute atomic E-state index is 6.46. The van der Waals surface area contributed by atoms with Crippen LogP contribution in [-0.4, -0.2) is 0 Å². The number of hydrogen-bond acceptors (Lipinski definition) is 3. The molecule has 43 heavy (non-hydrogen) atoms. The van der Waals surface area contributed by atoms with Crippen LogP contribution < -0.4 is 4.90 Å². The van der Waals surface area contributed by atoms with Gasteiger partial charge in [-0.05, 0) is 83.6 Å². The second-order valence-corrected chi connectivity index (χ2v) is 12.5. The number of furan rings is 1. The van der Waals surface area contributed by atoms with E-state index < -0.39 is 0 Å². The van der Waals surface area contributed by atoms with E-state index in [2.05, 4.69) is 146 Å². The summed E-state index contributed by atoms with van der Waals surface area (Å²) in [5.74, 6) is 0. The minimum absolute atomic E-state index is 0.904. The van der Waals surface area contributed by atoms with E-state index in [-0.39, 0.29) is 0 Å². The van der Waals surface area contributed by atoms with Crippen molar-refractivity contribution in [3.63, 3.8) is 0 Å². The van der Waals surface area contributed by atoms with Gasteiger partial charge in [0.2, 0.25) is 0 Å². The average molecular weight is 570 g/mol. The Morgan fingerprint density at radius 1 is 0.512 bits per heavy atom. The summed E-state index contributed by atoms with van der Waals surface area (Å²) in [5.41, 5.74) is 7.75. The third-order valence-corrected chi connectivity index (χ3v) is 10.1. The van der Waals surface area contributed by atoms with Crippen LogP contribution in [-0.2, 0) is 0 Å². The van der Waals surface area contributed by atoms with Crippen LogP contribution in [0.2, 0.25) is 0 Å². The Kier molecular flexibility index (Phi) is 5.23. The summed E-state index contributed by atoms with van der Waals surface area (Å²) >= 11 is 1.88. The molecule has 0 bridgehead atoms. The first kappa shape index (κ1) is 24.5. The zero-order valence-electron chi connectivity index (χ0n) is 23.9. The van der Waals surface area contributed by atoms with Crippen molar-refractivity contribution < 1.29 is 4.42 Å². The Morgan fingerprint density at radius 3 is 2.09 bits per heavy atom. The molecular formula is C40H27NOS. The number of fused-ring (bicyclic) bond motifs is 10. The smallest absolute Gasteiger partial charge is 0.137 e. The van der Waals surface area contributed by atoms with Gasteiger partial charge in [-0.1, -0.05) is 84.9 Å². The molecule has 0 aliphatic rings. The summed E-state index contributed by atoms with van der Waals surface area (Å²) in [6.45, 7) is 4.39. The Hall–Kier alpha value is -5.12. The maximum Gasteiger partial charge on any atom is 0.137 e. The molecule has 2 nitrogen and oxygen atoms in total. The van der Waals surface area contributed by atoms with E-state index in [0.717, 1.165) is 33.6 Å². The third kappa shape index (κ3) is 3.52. The van der Waals surface area contributed by atoms with Crippen LogP contribution in [0.25, 0.3) is 63.7 Å². The van der Waals surface area contributed by atoms with E-state index in [1.807, 2.05) is 11.3 Å². The number of para-hydroxylation sites is 1. The summed E-state index contributed by atoms with van der Waals surface area (Å²) in [7, 11) is 0. The molecule has 0 unspecified atom stereocenters. The van der Waals surface area contributed by atoms with Crippen LogP contribution in [0.4, 0.5) is 17.1 Å². The van der Waals surface area contributed by atoms with E-state index in [4.69, 9.17) is 4.42 Å². The highest BCUT2D eigenvalue weighted by molar-refractivity contribution is 7.26. The number of nitrogens with zero attached hydrogens (tertiary/aromatic N) is 1. The van der Waals surface area contributed by atoms with E-state index in [0.29, 0.717) is 0 Å². The first-order valence-electron chi connectivity index (χ1n) is 14.7. The normalized spacial score (nSPS) is 12.0. The van der Waals surface area contributed by atoms with Crippen LogP contribution in [0.3, 0.4) is 0 Å². The predicted octanol–water partition coefficient (Wildman–Crippen LogP) is 12.3. The fourth-order valence-corrected chi connectivity index (χ4v) is 8.07. The van der Waals surface area contributed by atoms with Crippen molar-refractivity contribution in [2.45, 2.75) is 13.8 Å². The van der Waals surface area contributed by atoms with Gasteiger partial charge < -0.3 is 9.32 Å². The fraction of sp³-hybridized carbons (Fsp3) is 0.0500. The molecule has 0 atom stereocenters. The molecule has 9 aromatic rings. The third-order valence-electron chi connectivity index (χ3n) is 9.02. The minimum atomic E-state index is 0.904. The van der Waals surface area contributed by atoms with Crippen molar-refractivity contribution in [1.82, 2.24) is 0 Å². The standard InChI is InChI=1S/C40H27NOS/c1-24-19-21-34-37(25(24)2)40-31(17-10-18-33(40)42-34)41(27-12-4-3-5-13-27)32-23-36-39(30-16-9-8-15-29(30)32)38-28-14-7-6-11-26(28)20-22-35(38)43-36/h3-23H,1-2H3. The molecule has 0 aliphatic carbocycles. The Morgan fingerprint density at radius 2 is 1.23 bits per heavy atom. The van der Waals surface area contributed by atoms with Crippen molar-refractivity contribution in [2.24, 2.45) is 0 Å². The highest BCUT2D eigenvalue weighted by Gasteiger charge is 2.24. The molecule has 0 saturated heterocycles. The summed E-state index contributed by atoms with van der Waals surface area (Å²) in [4.78, 5) is 2.43. The Balaban J connectivity index is 1.44. The zero-order valence-corrected chi connectivity index (χ0v) is 24.7. The molecule has 0 fully saturated rings. The highest BCUT2D eigenvalue weighted by atomic mass is 32.1. The van der Waals surface area contributed by atoms with Crippen LogP contribution >= 0.6 is 11.3 Å². The predicted molar refractivity (Wildman–Crippen MR) is 186 cm³/mol. The second kappa shape index (κ2) is 9.19. The largest absolute Gasteiger partial charge is 0.456 e. The van der Waals surface area contributed by atoms with Crippen LogP contribution in [0.5, 0.6) is 0 Å². The van der Waals surface area contributed by atoms with Gasteiger partial charge in [0.15, 0.2) is 0 Å². The number of hydrogen-bond donors (Lipinski definition) is 0. The summed E-state index contributed by atoms with van der Waals surface area (Å²) in [6.07, 6.45) is 0. The van der Waals surface area contributed by atoms with Crippen molar-refractivity contribution in [2.75, 3.05) is 4.90 Å². The van der Waals surface area contributed by atoms with E-state index in [1.54, 1.807) is 0 Å². The van der Waals surface area contributed by atoms with Crippen molar-refractivity contribution >= 4 is 92.1 Å². The van der Waals surface area contributed by atoms with E-state index >= 15 is 0 Å². The fourth-order valence-electron chi connectivity index (χ4n) is 6.90. The van der Waals surface area contributed by atoms with Gasteiger partial charge in [0.25, 0.3) is 0 Å². The zero-order chi connectivity index (χ0) is 28.7. The van der Waals surface area contributed by atoms with Crippen molar-refractivity contribution in [3.8, 4) is 0 Å². The molecule has 9 rings (SSSR count). The highest BCUT2D eigenvalue weighted by Crippen LogP contribution is 2.50. The van der Waals surface area contributed by atoms with Crippen LogP contribution in [0, 0.1) is 13.8 Å². The molecule has 0 aliphatic heterocycles. The molecule has 2 aromatic heterocycles. The molecule has 204 valence electrons. The number of benzene rings is 7. The van der Waals surface area contributed by atoms with Gasteiger partial charge in [-0.25, -0.2) is 0 Å². The summed E-state index contributed by atoms with van der Waals surface area (Å²) in [5, 5.41) is 10.1. The molecule has 2 heterocycles. The number of thiophene rings is 1. The van der Waals surface area contributed by atoms with Gasteiger partial charge in [0.1, 0.15) is 11.2 Å². The Labute approximate surface area is 253 Å². The molecule has 7 aromatic carbocycles. The lowest BCUT2D eigenvalue weighted by atomic mass is 9.97. The van der Waals surface area contributed by atoms with E-state index in [1.165, 1.54) is 58.2 Å². The molecule has 0 amide bonds. The molecule has 0 radical (unpaired) electrons. The lowest BCUT2D eigenvalue weighted by Gasteiger charge is -2.28. The number of aryl methyl sites for hydroxylation is 2. The van der Waals surface area contributed by atoms with E-state index in [9.17, 15) is 0 Å². The first-order valence-corrected chi connectivity index (χ1v) is 15.5. The quantitative estimate of drug-likeness (QED) is 0.210. The van der Waals surface area contributed by atoms with Crippen LogP contribution in [0.15, 0.2) is 132 Å². The summed E-state index contributed by atoms with van der Waals surface area (Å²) < 4.78 is 9.07. The van der Waals surface area contributed by atoms with Gasteiger partial charge in [0, 0.05) is 36.6 Å². The van der Waals surface area contributed by atoms with Crippen LogP contribution in [0.1, 0.15) is 11.1 Å². The molecular weight excluding hydrogens is 543 g/mol. The summed E-state index contributed by atoms with van der Waals surface area (Å²) in [6, 6.07) is 46.0. The molecule has 0 saturated carbocycles. The van der Waals surface area contributed by atoms with Gasteiger partial charge in [-0.2, -0.15) is 0 Å².